The van der Waals surface area contributed by atoms with Gasteiger partial charge in [0, 0.05) is 12.6 Å². The van der Waals surface area contributed by atoms with E-state index in [2.05, 4.69) is 16.3 Å². The lowest BCUT2D eigenvalue weighted by atomic mass is 9.97. The number of piperidine rings is 1. The molecule has 2 unspecified atom stereocenters. The zero-order valence-electron chi connectivity index (χ0n) is 9.84. The molecule has 2 atom stereocenters. The van der Waals surface area contributed by atoms with Gasteiger partial charge in [0.05, 0.1) is 6.04 Å². The lowest BCUT2D eigenvalue weighted by Crippen LogP contribution is -2.50. The maximum Gasteiger partial charge on any atom is 0.234 e. The summed E-state index contributed by atoms with van der Waals surface area (Å²) >= 11 is 1.66. The minimum atomic E-state index is -0.224. The molecule has 0 spiro atoms. The Morgan fingerprint density at radius 2 is 2.41 bits per heavy atom. The molecule has 1 aliphatic rings. The SMILES string of the molecule is NCC(c1ccsc1)N1CCCCC1C(N)=O. The highest BCUT2D eigenvalue weighted by molar-refractivity contribution is 7.07. The van der Waals surface area contributed by atoms with Crippen LogP contribution in [0, 0.1) is 0 Å². The fourth-order valence-corrected chi connectivity index (χ4v) is 3.27. The molecule has 0 bridgehead atoms. The van der Waals surface area contributed by atoms with Gasteiger partial charge in [0.25, 0.3) is 0 Å². The molecule has 1 fully saturated rings. The Kier molecular flexibility index (Phi) is 4.15. The Balaban J connectivity index is 2.19. The van der Waals surface area contributed by atoms with Gasteiger partial charge in [-0.05, 0) is 41.8 Å². The quantitative estimate of drug-likeness (QED) is 0.843. The van der Waals surface area contributed by atoms with Gasteiger partial charge in [-0.2, -0.15) is 11.3 Å². The molecule has 0 saturated carbocycles. The van der Waals surface area contributed by atoms with Crippen molar-refractivity contribution >= 4 is 17.2 Å². The highest BCUT2D eigenvalue weighted by Gasteiger charge is 2.32. The Morgan fingerprint density at radius 3 is 3.00 bits per heavy atom. The molecule has 0 aromatic carbocycles. The number of amides is 1. The Bertz CT molecular complexity index is 366. The van der Waals surface area contributed by atoms with Crippen molar-refractivity contribution in [2.75, 3.05) is 13.1 Å². The molecule has 1 saturated heterocycles. The van der Waals surface area contributed by atoms with Gasteiger partial charge in [0.15, 0.2) is 0 Å². The standard InChI is InChI=1S/C12H19N3OS/c13-7-11(9-4-6-17-8-9)15-5-2-1-3-10(15)12(14)16/h4,6,8,10-11H,1-3,5,7,13H2,(H2,14,16). The van der Waals surface area contributed by atoms with Crippen LogP contribution in [0.4, 0.5) is 0 Å². The smallest absolute Gasteiger partial charge is 0.234 e. The van der Waals surface area contributed by atoms with Crippen molar-refractivity contribution in [3.63, 3.8) is 0 Å². The van der Waals surface area contributed by atoms with Gasteiger partial charge in [-0.1, -0.05) is 6.42 Å². The number of nitrogens with zero attached hydrogens (tertiary/aromatic N) is 1. The second kappa shape index (κ2) is 5.62. The summed E-state index contributed by atoms with van der Waals surface area (Å²) in [6.07, 6.45) is 3.05. The van der Waals surface area contributed by atoms with Crippen molar-refractivity contribution in [1.29, 1.82) is 0 Å². The van der Waals surface area contributed by atoms with E-state index >= 15 is 0 Å². The van der Waals surface area contributed by atoms with Gasteiger partial charge in [-0.15, -0.1) is 0 Å². The third-order valence-corrected chi connectivity index (χ3v) is 4.13. The van der Waals surface area contributed by atoms with E-state index in [1.807, 2.05) is 5.38 Å². The first kappa shape index (κ1) is 12.5. The minimum absolute atomic E-state index is 0.124. The molecule has 0 radical (unpaired) electrons. The van der Waals surface area contributed by atoms with Crippen molar-refractivity contribution in [2.24, 2.45) is 11.5 Å². The number of rotatable bonds is 4. The molecule has 1 aromatic heterocycles. The summed E-state index contributed by atoms with van der Waals surface area (Å²) in [5.74, 6) is -0.224. The van der Waals surface area contributed by atoms with Gasteiger partial charge in [0.1, 0.15) is 0 Å². The van der Waals surface area contributed by atoms with Crippen LogP contribution in [0.1, 0.15) is 30.9 Å². The molecule has 94 valence electrons. The maximum absolute atomic E-state index is 11.5. The molecule has 1 aromatic rings. The summed E-state index contributed by atoms with van der Waals surface area (Å²) in [5.41, 5.74) is 12.6. The molecule has 1 amide bonds. The normalized spacial score (nSPS) is 23.5. The highest BCUT2D eigenvalue weighted by atomic mass is 32.1. The third kappa shape index (κ3) is 2.68. The summed E-state index contributed by atoms with van der Waals surface area (Å²) in [7, 11) is 0. The van der Waals surface area contributed by atoms with E-state index < -0.39 is 0 Å². The highest BCUT2D eigenvalue weighted by Crippen LogP contribution is 2.29. The van der Waals surface area contributed by atoms with E-state index in [9.17, 15) is 4.79 Å². The van der Waals surface area contributed by atoms with Gasteiger partial charge in [0.2, 0.25) is 5.91 Å². The van der Waals surface area contributed by atoms with Crippen LogP contribution in [0.15, 0.2) is 16.8 Å². The second-order valence-electron chi connectivity index (χ2n) is 4.46. The Labute approximate surface area is 106 Å². The number of primary amides is 1. The van der Waals surface area contributed by atoms with E-state index in [0.717, 1.165) is 25.8 Å². The van der Waals surface area contributed by atoms with Crippen LogP contribution in [-0.2, 0) is 4.79 Å². The van der Waals surface area contributed by atoms with Crippen molar-refractivity contribution in [3.8, 4) is 0 Å². The third-order valence-electron chi connectivity index (χ3n) is 3.42. The number of hydrogen-bond acceptors (Lipinski definition) is 4. The molecule has 2 rings (SSSR count). The van der Waals surface area contributed by atoms with Crippen LogP contribution >= 0.6 is 11.3 Å². The lowest BCUT2D eigenvalue weighted by Gasteiger charge is -2.39. The fourth-order valence-electron chi connectivity index (χ4n) is 2.56. The molecule has 4 nitrogen and oxygen atoms in total. The summed E-state index contributed by atoms with van der Waals surface area (Å²) in [6, 6.07) is 2.05. The van der Waals surface area contributed by atoms with Crippen LogP contribution in [-0.4, -0.2) is 29.9 Å². The van der Waals surface area contributed by atoms with Gasteiger partial charge in [-0.25, -0.2) is 0 Å². The summed E-state index contributed by atoms with van der Waals surface area (Å²) in [6.45, 7) is 1.44. The number of thiophene rings is 1. The summed E-state index contributed by atoms with van der Waals surface area (Å²) in [4.78, 5) is 13.7. The topological polar surface area (TPSA) is 72.3 Å². The number of carbonyl (C=O) groups excluding carboxylic acids is 1. The average molecular weight is 253 g/mol. The zero-order valence-corrected chi connectivity index (χ0v) is 10.7. The number of carbonyl (C=O) groups is 1. The van der Waals surface area contributed by atoms with E-state index in [4.69, 9.17) is 11.5 Å². The lowest BCUT2D eigenvalue weighted by molar-refractivity contribution is -0.125. The van der Waals surface area contributed by atoms with Crippen LogP contribution in [0.3, 0.4) is 0 Å². The number of likely N-dealkylation sites (tertiary alicyclic amines) is 1. The predicted octanol–water partition coefficient (Wildman–Crippen LogP) is 1.09. The molecule has 2 heterocycles. The maximum atomic E-state index is 11.5. The number of nitrogens with two attached hydrogens (primary N) is 2. The largest absolute Gasteiger partial charge is 0.368 e. The summed E-state index contributed by atoms with van der Waals surface area (Å²) < 4.78 is 0. The minimum Gasteiger partial charge on any atom is -0.368 e. The predicted molar refractivity (Wildman–Crippen MR) is 69.7 cm³/mol. The van der Waals surface area contributed by atoms with Gasteiger partial charge >= 0.3 is 0 Å². The van der Waals surface area contributed by atoms with Crippen LogP contribution in [0.2, 0.25) is 0 Å². The fraction of sp³-hybridized carbons (Fsp3) is 0.583. The Morgan fingerprint density at radius 1 is 1.59 bits per heavy atom. The van der Waals surface area contributed by atoms with Crippen molar-refractivity contribution in [2.45, 2.75) is 31.3 Å². The first-order chi connectivity index (χ1) is 8.24. The zero-order chi connectivity index (χ0) is 12.3. The monoisotopic (exact) mass is 253 g/mol. The van der Waals surface area contributed by atoms with Crippen LogP contribution < -0.4 is 11.5 Å². The van der Waals surface area contributed by atoms with Crippen LogP contribution in [0.5, 0.6) is 0 Å². The van der Waals surface area contributed by atoms with E-state index in [-0.39, 0.29) is 18.0 Å². The molecular formula is C12H19N3OS. The molecule has 0 aliphatic carbocycles. The molecule has 17 heavy (non-hydrogen) atoms. The van der Waals surface area contributed by atoms with Gasteiger partial charge in [-0.3, -0.25) is 9.69 Å². The molecule has 5 heteroatoms. The van der Waals surface area contributed by atoms with Crippen LogP contribution in [0.25, 0.3) is 0 Å². The van der Waals surface area contributed by atoms with Crippen molar-refractivity contribution in [1.82, 2.24) is 4.90 Å². The van der Waals surface area contributed by atoms with Gasteiger partial charge < -0.3 is 11.5 Å². The molecular weight excluding hydrogens is 234 g/mol. The molecule has 1 aliphatic heterocycles. The first-order valence-corrected chi connectivity index (χ1v) is 6.95. The number of hydrogen-bond donors (Lipinski definition) is 2. The van der Waals surface area contributed by atoms with Crippen molar-refractivity contribution in [3.05, 3.63) is 22.4 Å². The van der Waals surface area contributed by atoms with Crippen molar-refractivity contribution < 1.29 is 4.79 Å². The second-order valence-corrected chi connectivity index (χ2v) is 5.24. The first-order valence-electron chi connectivity index (χ1n) is 6.01. The van der Waals surface area contributed by atoms with E-state index in [1.165, 1.54) is 5.56 Å². The van der Waals surface area contributed by atoms with E-state index in [1.54, 1.807) is 11.3 Å². The average Bonchev–Trinajstić information content (AvgIpc) is 2.84. The Hall–Kier alpha value is -0.910. The summed E-state index contributed by atoms with van der Waals surface area (Å²) in [5, 5.41) is 4.14. The molecule has 4 N–H and O–H groups in total. The van der Waals surface area contributed by atoms with E-state index in [0.29, 0.717) is 6.54 Å².